The van der Waals surface area contributed by atoms with Crippen molar-refractivity contribution in [2.45, 2.75) is 12.3 Å². The average molecular weight is 310 g/mol. The van der Waals surface area contributed by atoms with Crippen LogP contribution in [-0.4, -0.2) is 14.3 Å². The van der Waals surface area contributed by atoms with Crippen LogP contribution in [0.3, 0.4) is 0 Å². The van der Waals surface area contributed by atoms with Gasteiger partial charge in [-0.1, -0.05) is 24.3 Å². The summed E-state index contributed by atoms with van der Waals surface area (Å²) < 4.78 is 21.9. The lowest BCUT2D eigenvalue weighted by atomic mass is 10.1. The van der Waals surface area contributed by atoms with Crippen LogP contribution in [0.25, 0.3) is 0 Å². The third-order valence-corrected chi connectivity index (χ3v) is 4.05. The highest BCUT2D eigenvalue weighted by atomic mass is 32.2. The van der Waals surface area contributed by atoms with E-state index in [0.29, 0.717) is 17.7 Å². The van der Waals surface area contributed by atoms with E-state index in [-0.39, 0.29) is 11.7 Å². The standard InChI is InChI=1S/C13H14N2O3S2/c14-20(17,18)9-11-3-1-10(2-4-11)7-15-13(16)12-5-6-19-8-12/h1-6,8H,7,9H2,(H,15,16)(H2,14,17,18). The maximum absolute atomic E-state index is 11.7. The van der Waals surface area contributed by atoms with Gasteiger partial charge in [-0.25, -0.2) is 13.6 Å². The number of rotatable bonds is 5. The van der Waals surface area contributed by atoms with Crippen LogP contribution in [0, 0.1) is 0 Å². The van der Waals surface area contributed by atoms with Crippen LogP contribution >= 0.6 is 11.3 Å². The van der Waals surface area contributed by atoms with E-state index >= 15 is 0 Å². The van der Waals surface area contributed by atoms with Crippen LogP contribution in [0.15, 0.2) is 41.1 Å². The quantitative estimate of drug-likeness (QED) is 0.876. The Morgan fingerprint density at radius 1 is 1.15 bits per heavy atom. The van der Waals surface area contributed by atoms with Gasteiger partial charge >= 0.3 is 0 Å². The van der Waals surface area contributed by atoms with E-state index in [9.17, 15) is 13.2 Å². The summed E-state index contributed by atoms with van der Waals surface area (Å²) in [5.74, 6) is -0.311. The molecule has 7 heteroatoms. The Kier molecular flexibility index (Phi) is 4.53. The molecule has 1 aromatic carbocycles. The Morgan fingerprint density at radius 2 is 1.80 bits per heavy atom. The number of sulfonamides is 1. The minimum atomic E-state index is -3.51. The molecular formula is C13H14N2O3S2. The number of thiophene rings is 1. The molecule has 106 valence electrons. The molecule has 0 radical (unpaired) electrons. The van der Waals surface area contributed by atoms with Gasteiger partial charge in [0.05, 0.1) is 5.75 Å². The molecule has 0 atom stereocenters. The third-order valence-electron chi connectivity index (χ3n) is 2.63. The van der Waals surface area contributed by atoms with Gasteiger partial charge in [-0.15, -0.1) is 0 Å². The van der Waals surface area contributed by atoms with Crippen molar-refractivity contribution in [2.75, 3.05) is 0 Å². The molecule has 0 unspecified atom stereocenters. The zero-order chi connectivity index (χ0) is 14.6. The third kappa shape index (κ3) is 4.44. The maximum Gasteiger partial charge on any atom is 0.252 e. The molecule has 0 saturated heterocycles. The van der Waals surface area contributed by atoms with E-state index in [4.69, 9.17) is 5.14 Å². The lowest BCUT2D eigenvalue weighted by molar-refractivity contribution is 0.0951. The zero-order valence-corrected chi connectivity index (χ0v) is 12.2. The van der Waals surface area contributed by atoms with E-state index in [1.54, 1.807) is 35.7 Å². The molecule has 0 bridgehead atoms. The molecule has 3 N–H and O–H groups in total. The first-order chi connectivity index (χ1) is 9.44. The largest absolute Gasteiger partial charge is 0.348 e. The Labute approximate surface area is 121 Å². The first kappa shape index (κ1) is 14.7. The summed E-state index contributed by atoms with van der Waals surface area (Å²) in [5, 5.41) is 11.4. The van der Waals surface area contributed by atoms with Crippen LogP contribution in [-0.2, 0) is 22.3 Å². The molecule has 1 aromatic heterocycles. The second-order valence-corrected chi connectivity index (χ2v) is 6.71. The van der Waals surface area contributed by atoms with Crippen LogP contribution < -0.4 is 10.5 Å². The van der Waals surface area contributed by atoms with Crippen molar-refractivity contribution in [1.29, 1.82) is 0 Å². The number of hydrogen-bond donors (Lipinski definition) is 2. The highest BCUT2D eigenvalue weighted by Gasteiger charge is 2.06. The predicted molar refractivity (Wildman–Crippen MR) is 78.7 cm³/mol. The second-order valence-electron chi connectivity index (χ2n) is 4.32. The van der Waals surface area contributed by atoms with E-state index in [1.165, 1.54) is 11.3 Å². The average Bonchev–Trinajstić information content (AvgIpc) is 2.89. The smallest absolute Gasteiger partial charge is 0.252 e. The van der Waals surface area contributed by atoms with E-state index < -0.39 is 10.0 Å². The van der Waals surface area contributed by atoms with Gasteiger partial charge in [0, 0.05) is 17.5 Å². The molecule has 0 aliphatic heterocycles. The normalized spacial score (nSPS) is 11.2. The lowest BCUT2D eigenvalue weighted by Gasteiger charge is -2.05. The number of nitrogens with one attached hydrogen (secondary N) is 1. The Morgan fingerprint density at radius 3 is 2.35 bits per heavy atom. The molecule has 1 heterocycles. The SMILES string of the molecule is NS(=O)(=O)Cc1ccc(CNC(=O)c2ccsc2)cc1. The van der Waals surface area contributed by atoms with Crippen LogP contribution in [0.2, 0.25) is 0 Å². The molecule has 0 aliphatic rings. The Bertz CT molecular complexity index is 677. The Hall–Kier alpha value is -1.70. The zero-order valence-electron chi connectivity index (χ0n) is 10.6. The molecule has 1 amide bonds. The number of amides is 1. The minimum Gasteiger partial charge on any atom is -0.348 e. The fourth-order valence-electron chi connectivity index (χ4n) is 1.66. The van der Waals surface area contributed by atoms with Crippen LogP contribution in [0.4, 0.5) is 0 Å². The van der Waals surface area contributed by atoms with E-state index in [2.05, 4.69) is 5.32 Å². The molecule has 0 saturated carbocycles. The minimum absolute atomic E-state index is 0.125. The summed E-state index contributed by atoms with van der Waals surface area (Å²) >= 11 is 1.47. The molecule has 2 aromatic rings. The number of nitrogens with two attached hydrogens (primary N) is 1. The summed E-state index contributed by atoms with van der Waals surface area (Å²) in [7, 11) is -3.51. The molecule has 2 rings (SSSR count). The van der Waals surface area contributed by atoms with Crippen molar-refractivity contribution in [3.63, 3.8) is 0 Å². The van der Waals surface area contributed by atoms with Gasteiger partial charge in [0.2, 0.25) is 10.0 Å². The van der Waals surface area contributed by atoms with Gasteiger partial charge in [-0.05, 0) is 22.6 Å². The lowest BCUT2D eigenvalue weighted by Crippen LogP contribution is -2.22. The molecule has 0 fully saturated rings. The molecular weight excluding hydrogens is 296 g/mol. The number of benzene rings is 1. The van der Waals surface area contributed by atoms with Crippen LogP contribution in [0.1, 0.15) is 21.5 Å². The van der Waals surface area contributed by atoms with Crippen molar-refractivity contribution in [3.8, 4) is 0 Å². The van der Waals surface area contributed by atoms with E-state index in [0.717, 1.165) is 5.56 Å². The van der Waals surface area contributed by atoms with Crippen molar-refractivity contribution < 1.29 is 13.2 Å². The Balaban J connectivity index is 1.93. The van der Waals surface area contributed by atoms with Gasteiger partial charge < -0.3 is 5.32 Å². The summed E-state index contributed by atoms with van der Waals surface area (Å²) in [6.07, 6.45) is 0. The molecule has 5 nitrogen and oxygen atoms in total. The van der Waals surface area contributed by atoms with Crippen molar-refractivity contribution in [1.82, 2.24) is 5.32 Å². The van der Waals surface area contributed by atoms with Gasteiger partial charge in [0.1, 0.15) is 0 Å². The molecule has 0 spiro atoms. The number of carbonyl (C=O) groups excluding carboxylic acids is 1. The summed E-state index contributed by atoms with van der Waals surface area (Å²) in [4.78, 5) is 11.7. The summed E-state index contributed by atoms with van der Waals surface area (Å²) in [6, 6.07) is 8.69. The second kappa shape index (κ2) is 6.17. The summed E-state index contributed by atoms with van der Waals surface area (Å²) in [6.45, 7) is 0.393. The topological polar surface area (TPSA) is 89.3 Å². The fourth-order valence-corrected chi connectivity index (χ4v) is 2.96. The van der Waals surface area contributed by atoms with Gasteiger partial charge in [0.25, 0.3) is 5.91 Å². The fraction of sp³-hybridized carbons (Fsp3) is 0.154. The number of carbonyl (C=O) groups is 1. The van der Waals surface area contributed by atoms with Gasteiger partial charge in [-0.3, -0.25) is 4.79 Å². The number of primary sulfonamides is 1. The van der Waals surface area contributed by atoms with Crippen molar-refractivity contribution in [3.05, 3.63) is 57.8 Å². The monoisotopic (exact) mass is 310 g/mol. The van der Waals surface area contributed by atoms with Crippen molar-refractivity contribution in [2.24, 2.45) is 5.14 Å². The first-order valence-corrected chi connectivity index (χ1v) is 8.48. The highest BCUT2D eigenvalue weighted by Crippen LogP contribution is 2.08. The molecule has 0 aliphatic carbocycles. The first-order valence-electron chi connectivity index (χ1n) is 5.83. The van der Waals surface area contributed by atoms with Crippen molar-refractivity contribution >= 4 is 27.3 Å². The van der Waals surface area contributed by atoms with Gasteiger partial charge in [-0.2, -0.15) is 11.3 Å². The van der Waals surface area contributed by atoms with E-state index in [1.807, 2.05) is 5.38 Å². The molecule has 20 heavy (non-hydrogen) atoms. The highest BCUT2D eigenvalue weighted by molar-refractivity contribution is 7.88. The maximum atomic E-state index is 11.7. The van der Waals surface area contributed by atoms with Gasteiger partial charge in [0.15, 0.2) is 0 Å². The predicted octanol–water partition coefficient (Wildman–Crippen LogP) is 1.47. The summed E-state index contributed by atoms with van der Waals surface area (Å²) in [5.41, 5.74) is 2.16. The number of hydrogen-bond acceptors (Lipinski definition) is 4. The van der Waals surface area contributed by atoms with Crippen LogP contribution in [0.5, 0.6) is 0 Å².